The van der Waals surface area contributed by atoms with Gasteiger partial charge in [0.15, 0.2) is 5.50 Å². The Morgan fingerprint density at radius 2 is 1.81 bits per heavy atom. The van der Waals surface area contributed by atoms with Crippen LogP contribution in [0.3, 0.4) is 0 Å². The second-order valence-electron chi connectivity index (χ2n) is 8.96. The molecule has 0 saturated carbocycles. The van der Waals surface area contributed by atoms with Gasteiger partial charge in [-0.05, 0) is 76.2 Å². The maximum atomic E-state index is 12.6. The number of amides is 1. The van der Waals surface area contributed by atoms with Crippen LogP contribution in [0.15, 0.2) is 102 Å². The topological polar surface area (TPSA) is 50.4 Å². The van der Waals surface area contributed by atoms with Gasteiger partial charge in [-0.15, -0.1) is 6.58 Å². The van der Waals surface area contributed by atoms with Gasteiger partial charge in [-0.3, -0.25) is 4.79 Å². The van der Waals surface area contributed by atoms with E-state index in [1.54, 1.807) is 0 Å². The first-order chi connectivity index (χ1) is 18.1. The van der Waals surface area contributed by atoms with Gasteiger partial charge >= 0.3 is 0 Å². The van der Waals surface area contributed by atoms with Crippen molar-refractivity contribution in [3.05, 3.63) is 125 Å². The summed E-state index contributed by atoms with van der Waals surface area (Å²) in [5.74, 6) is 0.753. The van der Waals surface area contributed by atoms with Gasteiger partial charge in [0.25, 0.3) is 5.91 Å². The van der Waals surface area contributed by atoms with E-state index < -0.39 is 0 Å². The minimum Gasteiger partial charge on any atom is -0.489 e. The zero-order valence-corrected chi connectivity index (χ0v) is 21.7. The number of aryl methyl sites for hydroxylation is 1. The lowest BCUT2D eigenvalue weighted by Gasteiger charge is -2.13. The normalized spacial score (nSPS) is 16.1. The maximum absolute atomic E-state index is 12.6. The highest BCUT2D eigenvalue weighted by Gasteiger charge is 2.27. The summed E-state index contributed by atoms with van der Waals surface area (Å²) < 4.78 is 6.27. The third-order valence-electron chi connectivity index (χ3n) is 6.40. The molecule has 2 N–H and O–H groups in total. The minimum atomic E-state index is -0.206. The molecule has 186 valence electrons. The molecule has 1 amide bonds. The number of carbonyl (C=O) groups is 1. The number of allylic oxidation sites excluding steroid dienone is 1. The first kappa shape index (κ1) is 24.7. The standard InChI is InChI=1S/C32H30N2O2S/c1-3-8-25-19-23(15-18-29(25)36-21-26-11-7-10-24-9-5-6-12-28(24)26)20-30-31(35)34-32(37-30)33-27-16-13-22(4-2)14-17-27/h3,5-7,9-20,32-33H,1,4,8,21H2,2H3,(H,34,35)/b30-20-/t32-/m1/s1. The number of hydrogen-bond donors (Lipinski definition) is 2. The van der Waals surface area contributed by atoms with Gasteiger partial charge < -0.3 is 15.4 Å². The van der Waals surface area contributed by atoms with Crippen molar-refractivity contribution in [3.63, 3.8) is 0 Å². The van der Waals surface area contributed by atoms with Crippen LogP contribution in [0.2, 0.25) is 0 Å². The van der Waals surface area contributed by atoms with Gasteiger partial charge in [-0.25, -0.2) is 0 Å². The predicted octanol–water partition coefficient (Wildman–Crippen LogP) is 7.31. The number of ether oxygens (including phenoxy) is 1. The van der Waals surface area contributed by atoms with Crippen LogP contribution in [0.5, 0.6) is 5.75 Å². The van der Waals surface area contributed by atoms with Crippen LogP contribution in [-0.2, 0) is 24.2 Å². The molecule has 1 saturated heterocycles. The first-order valence-corrected chi connectivity index (χ1v) is 13.4. The van der Waals surface area contributed by atoms with Crippen LogP contribution in [0.25, 0.3) is 16.8 Å². The van der Waals surface area contributed by atoms with Crippen LogP contribution in [0, 0.1) is 0 Å². The molecule has 1 fully saturated rings. The highest BCUT2D eigenvalue weighted by molar-refractivity contribution is 8.05. The Morgan fingerprint density at radius 3 is 2.62 bits per heavy atom. The zero-order valence-electron chi connectivity index (χ0n) is 20.9. The van der Waals surface area contributed by atoms with E-state index in [9.17, 15) is 4.79 Å². The van der Waals surface area contributed by atoms with Gasteiger partial charge in [-0.2, -0.15) is 0 Å². The molecule has 5 heteroatoms. The molecule has 0 spiro atoms. The summed E-state index contributed by atoms with van der Waals surface area (Å²) in [5.41, 5.74) is 5.21. The van der Waals surface area contributed by atoms with Crippen molar-refractivity contribution in [2.45, 2.75) is 31.9 Å². The molecule has 0 unspecified atom stereocenters. The fraction of sp³-hybridized carbons (Fsp3) is 0.156. The molecule has 1 aliphatic rings. The summed E-state index contributed by atoms with van der Waals surface area (Å²) in [7, 11) is 0. The summed E-state index contributed by atoms with van der Waals surface area (Å²) in [5, 5.41) is 8.79. The molecule has 0 radical (unpaired) electrons. The molecule has 1 atom stereocenters. The van der Waals surface area contributed by atoms with Crippen LogP contribution in [0.1, 0.15) is 29.2 Å². The highest BCUT2D eigenvalue weighted by atomic mass is 32.2. The Balaban J connectivity index is 1.30. The molecule has 4 aromatic carbocycles. The van der Waals surface area contributed by atoms with Gasteiger partial charge in [0.2, 0.25) is 0 Å². The molecule has 0 aliphatic carbocycles. The summed E-state index contributed by atoms with van der Waals surface area (Å²) in [4.78, 5) is 13.3. The van der Waals surface area contributed by atoms with E-state index in [1.165, 1.54) is 28.1 Å². The van der Waals surface area contributed by atoms with E-state index in [0.29, 0.717) is 17.9 Å². The molecule has 0 aromatic heterocycles. The number of thioether (sulfide) groups is 1. The number of rotatable bonds is 9. The van der Waals surface area contributed by atoms with Crippen molar-refractivity contribution < 1.29 is 9.53 Å². The monoisotopic (exact) mass is 506 g/mol. The van der Waals surface area contributed by atoms with E-state index in [-0.39, 0.29) is 11.4 Å². The van der Waals surface area contributed by atoms with Crippen molar-refractivity contribution >= 4 is 40.2 Å². The number of hydrogen-bond acceptors (Lipinski definition) is 4. The van der Waals surface area contributed by atoms with Crippen molar-refractivity contribution in [3.8, 4) is 5.75 Å². The van der Waals surface area contributed by atoms with Gasteiger partial charge in [0, 0.05) is 5.69 Å². The van der Waals surface area contributed by atoms with E-state index in [0.717, 1.165) is 34.5 Å². The lowest BCUT2D eigenvalue weighted by Crippen LogP contribution is -2.30. The van der Waals surface area contributed by atoms with Crippen LogP contribution in [0.4, 0.5) is 5.69 Å². The van der Waals surface area contributed by atoms with Gasteiger partial charge in [0.1, 0.15) is 12.4 Å². The SMILES string of the molecule is C=CCc1cc(/C=C2\S[C@H](Nc3ccc(CC)cc3)NC2=O)ccc1OCc1cccc2ccccc12. The van der Waals surface area contributed by atoms with Crippen molar-refractivity contribution in [1.82, 2.24) is 5.32 Å². The third-order valence-corrected chi connectivity index (χ3v) is 7.43. The van der Waals surface area contributed by atoms with Crippen LogP contribution in [-0.4, -0.2) is 11.4 Å². The largest absolute Gasteiger partial charge is 0.489 e. The Bertz CT molecular complexity index is 1450. The van der Waals surface area contributed by atoms with Crippen molar-refractivity contribution in [1.29, 1.82) is 0 Å². The summed E-state index contributed by atoms with van der Waals surface area (Å²) in [6.07, 6.45) is 5.49. The number of fused-ring (bicyclic) bond motifs is 1. The van der Waals surface area contributed by atoms with Gasteiger partial charge in [-0.1, -0.05) is 85.4 Å². The number of carbonyl (C=O) groups excluding carboxylic acids is 1. The Labute approximate surface area is 222 Å². The first-order valence-electron chi connectivity index (χ1n) is 12.5. The maximum Gasteiger partial charge on any atom is 0.260 e. The zero-order chi connectivity index (χ0) is 25.6. The molecule has 37 heavy (non-hydrogen) atoms. The second-order valence-corrected chi connectivity index (χ2v) is 10.1. The van der Waals surface area contributed by atoms with Crippen molar-refractivity contribution in [2.75, 3.05) is 5.32 Å². The molecule has 4 aromatic rings. The summed E-state index contributed by atoms with van der Waals surface area (Å²) >= 11 is 1.49. The van der Waals surface area contributed by atoms with E-state index in [1.807, 2.05) is 42.5 Å². The molecular weight excluding hydrogens is 476 g/mol. The van der Waals surface area contributed by atoms with Crippen LogP contribution < -0.4 is 15.4 Å². The van der Waals surface area contributed by atoms with E-state index in [4.69, 9.17) is 4.74 Å². The lowest BCUT2D eigenvalue weighted by atomic mass is 10.0. The fourth-order valence-corrected chi connectivity index (χ4v) is 5.41. The number of anilines is 1. The van der Waals surface area contributed by atoms with Gasteiger partial charge in [0.05, 0.1) is 4.91 Å². The lowest BCUT2D eigenvalue weighted by molar-refractivity contribution is -0.116. The molecule has 0 bridgehead atoms. The average Bonchev–Trinajstić information content (AvgIpc) is 3.26. The summed E-state index contributed by atoms with van der Waals surface area (Å²) in [6, 6.07) is 29.0. The van der Waals surface area contributed by atoms with Crippen LogP contribution >= 0.6 is 11.8 Å². The molecule has 5 rings (SSSR count). The molecule has 1 heterocycles. The number of benzene rings is 4. The summed E-state index contributed by atoms with van der Waals surface area (Å²) in [6.45, 7) is 6.53. The quantitative estimate of drug-likeness (QED) is 0.185. The van der Waals surface area contributed by atoms with E-state index >= 15 is 0 Å². The third kappa shape index (κ3) is 5.89. The highest BCUT2D eigenvalue weighted by Crippen LogP contribution is 2.32. The molecule has 1 aliphatic heterocycles. The molecule has 4 nitrogen and oxygen atoms in total. The second kappa shape index (κ2) is 11.4. The smallest absolute Gasteiger partial charge is 0.260 e. The Hall–Kier alpha value is -3.96. The Kier molecular flexibility index (Phi) is 7.62. The minimum absolute atomic E-state index is 0.0748. The number of nitrogens with one attached hydrogen (secondary N) is 2. The average molecular weight is 507 g/mol. The molecular formula is C32H30N2O2S. The fourth-order valence-electron chi connectivity index (χ4n) is 4.42. The predicted molar refractivity (Wildman–Crippen MR) is 156 cm³/mol. The van der Waals surface area contributed by atoms with E-state index in [2.05, 4.69) is 78.7 Å². The Morgan fingerprint density at radius 1 is 1.00 bits per heavy atom. The van der Waals surface area contributed by atoms with Crippen molar-refractivity contribution in [2.24, 2.45) is 0 Å².